The first-order valence-electron chi connectivity index (χ1n) is 8.41. The molecule has 0 spiro atoms. The summed E-state index contributed by atoms with van der Waals surface area (Å²) in [6, 6.07) is 10.5. The van der Waals surface area contributed by atoms with Crippen LogP contribution in [0.25, 0.3) is 0 Å². The van der Waals surface area contributed by atoms with E-state index in [1.165, 1.54) is 6.92 Å². The van der Waals surface area contributed by atoms with Crippen LogP contribution in [0.3, 0.4) is 0 Å². The van der Waals surface area contributed by atoms with Gasteiger partial charge < -0.3 is 25.2 Å². The average Bonchev–Trinajstić information content (AvgIpc) is 2.67. The van der Waals surface area contributed by atoms with Gasteiger partial charge >= 0.3 is 18.2 Å². The molecule has 2 amide bonds. The molecule has 10 heteroatoms. The third-order valence-electron chi connectivity index (χ3n) is 3.88. The first-order valence-corrected chi connectivity index (χ1v) is 8.41. The van der Waals surface area contributed by atoms with Crippen LogP contribution in [0.15, 0.2) is 48.5 Å². The molecule has 3 N–H and O–H groups in total. The number of aliphatic hydroxyl groups is 1. The standard InChI is InChI=1S/C19H19F3N2O5/c1-3-29-16(25)18(27,19(20,21)22)12-9-10-14(15(11-12)28-2)24-17(26)23-13-7-5-4-6-8-13/h4-11,27H,3H2,1-2H3,(H2,23,24,26)/t18-/m0/s1. The number of amides is 2. The van der Waals surface area contributed by atoms with Gasteiger partial charge in [-0.2, -0.15) is 13.2 Å². The quantitative estimate of drug-likeness (QED) is 0.630. The minimum Gasteiger partial charge on any atom is -0.495 e. The van der Waals surface area contributed by atoms with Crippen LogP contribution in [0.4, 0.5) is 29.3 Å². The van der Waals surface area contributed by atoms with Crippen molar-refractivity contribution in [2.24, 2.45) is 0 Å². The summed E-state index contributed by atoms with van der Waals surface area (Å²) in [5.74, 6) is -2.06. The molecule has 0 unspecified atom stereocenters. The molecular formula is C19H19F3N2O5. The minimum absolute atomic E-state index is 0.0260. The Kier molecular flexibility index (Phi) is 6.70. The molecule has 7 nitrogen and oxygen atoms in total. The first-order chi connectivity index (χ1) is 13.6. The van der Waals surface area contributed by atoms with E-state index < -0.39 is 29.3 Å². The fourth-order valence-corrected chi connectivity index (χ4v) is 2.46. The van der Waals surface area contributed by atoms with E-state index in [1.54, 1.807) is 30.3 Å². The van der Waals surface area contributed by atoms with E-state index in [4.69, 9.17) is 4.74 Å². The predicted octanol–water partition coefficient (Wildman–Crippen LogP) is 3.65. The number of urea groups is 1. The lowest BCUT2D eigenvalue weighted by atomic mass is 9.92. The fraction of sp³-hybridized carbons (Fsp3) is 0.263. The first kappa shape index (κ1) is 22.0. The Morgan fingerprint density at radius 3 is 2.28 bits per heavy atom. The molecular weight excluding hydrogens is 393 g/mol. The summed E-state index contributed by atoms with van der Waals surface area (Å²) in [5, 5.41) is 15.1. The Labute approximate surface area is 164 Å². The zero-order chi connectivity index (χ0) is 21.7. The van der Waals surface area contributed by atoms with Crippen LogP contribution in [0.5, 0.6) is 5.75 Å². The van der Waals surface area contributed by atoms with Gasteiger partial charge in [0, 0.05) is 11.3 Å². The number of hydrogen-bond donors (Lipinski definition) is 3. The number of para-hydroxylation sites is 1. The van der Waals surface area contributed by atoms with Crippen LogP contribution in [-0.2, 0) is 15.1 Å². The zero-order valence-corrected chi connectivity index (χ0v) is 15.5. The number of halogens is 3. The average molecular weight is 412 g/mol. The van der Waals surface area contributed by atoms with Crippen LogP contribution in [-0.4, -0.2) is 37.0 Å². The number of benzene rings is 2. The maximum absolute atomic E-state index is 13.5. The molecule has 0 heterocycles. The summed E-state index contributed by atoms with van der Waals surface area (Å²) in [6.07, 6.45) is -5.34. The van der Waals surface area contributed by atoms with Crippen molar-refractivity contribution in [1.29, 1.82) is 0 Å². The van der Waals surface area contributed by atoms with Crippen molar-refractivity contribution in [3.05, 3.63) is 54.1 Å². The van der Waals surface area contributed by atoms with Crippen molar-refractivity contribution in [2.45, 2.75) is 18.7 Å². The third kappa shape index (κ3) is 4.77. The number of carbonyl (C=O) groups excluding carboxylic acids is 2. The molecule has 0 fully saturated rings. The Hall–Kier alpha value is -3.27. The van der Waals surface area contributed by atoms with E-state index in [0.717, 1.165) is 25.3 Å². The van der Waals surface area contributed by atoms with Crippen LogP contribution in [0.1, 0.15) is 12.5 Å². The lowest BCUT2D eigenvalue weighted by Gasteiger charge is -2.29. The van der Waals surface area contributed by atoms with Gasteiger partial charge in [0.05, 0.1) is 19.4 Å². The molecule has 2 aromatic rings. The van der Waals surface area contributed by atoms with Gasteiger partial charge in [0.2, 0.25) is 0 Å². The maximum atomic E-state index is 13.5. The smallest absolute Gasteiger partial charge is 0.432 e. The fourth-order valence-electron chi connectivity index (χ4n) is 2.46. The lowest BCUT2D eigenvalue weighted by molar-refractivity contribution is -0.267. The van der Waals surface area contributed by atoms with Gasteiger partial charge in [0.1, 0.15) is 5.75 Å². The van der Waals surface area contributed by atoms with E-state index in [-0.39, 0.29) is 18.0 Å². The van der Waals surface area contributed by atoms with Gasteiger partial charge in [-0.15, -0.1) is 0 Å². The molecule has 0 aliphatic rings. The Morgan fingerprint density at radius 1 is 1.07 bits per heavy atom. The lowest BCUT2D eigenvalue weighted by Crippen LogP contribution is -2.50. The predicted molar refractivity (Wildman–Crippen MR) is 98.7 cm³/mol. The number of nitrogens with one attached hydrogen (secondary N) is 2. The second-order valence-electron chi connectivity index (χ2n) is 5.79. The van der Waals surface area contributed by atoms with Crippen molar-refractivity contribution in [1.82, 2.24) is 0 Å². The summed E-state index contributed by atoms with van der Waals surface area (Å²) in [5.41, 5.74) is -4.18. The molecule has 0 aliphatic carbocycles. The number of ether oxygens (including phenoxy) is 2. The second kappa shape index (κ2) is 8.82. The van der Waals surface area contributed by atoms with Crippen molar-refractivity contribution in [2.75, 3.05) is 24.4 Å². The highest BCUT2D eigenvalue weighted by Crippen LogP contribution is 2.42. The summed E-state index contributed by atoms with van der Waals surface area (Å²) in [4.78, 5) is 24.0. The topological polar surface area (TPSA) is 96.9 Å². The molecule has 2 rings (SSSR count). The molecule has 1 atom stereocenters. The van der Waals surface area contributed by atoms with Crippen LogP contribution in [0.2, 0.25) is 0 Å². The monoisotopic (exact) mass is 412 g/mol. The molecule has 0 bridgehead atoms. The van der Waals surface area contributed by atoms with Gasteiger partial charge in [0.25, 0.3) is 5.60 Å². The van der Waals surface area contributed by atoms with Crippen molar-refractivity contribution < 1.29 is 37.3 Å². The van der Waals surface area contributed by atoms with Crippen molar-refractivity contribution in [3.63, 3.8) is 0 Å². The van der Waals surface area contributed by atoms with Crippen LogP contribution >= 0.6 is 0 Å². The number of anilines is 2. The van der Waals surface area contributed by atoms with Gasteiger partial charge in [0.15, 0.2) is 0 Å². The summed E-state index contributed by atoms with van der Waals surface area (Å²) < 4.78 is 49.8. The van der Waals surface area contributed by atoms with E-state index in [0.29, 0.717) is 5.69 Å². The van der Waals surface area contributed by atoms with Gasteiger partial charge in [-0.25, -0.2) is 9.59 Å². The largest absolute Gasteiger partial charge is 0.495 e. The number of esters is 1. The second-order valence-corrected chi connectivity index (χ2v) is 5.79. The minimum atomic E-state index is -5.34. The molecule has 0 aromatic heterocycles. The van der Waals surface area contributed by atoms with E-state index in [9.17, 15) is 27.9 Å². The molecule has 29 heavy (non-hydrogen) atoms. The Morgan fingerprint density at radius 2 is 1.72 bits per heavy atom. The van der Waals surface area contributed by atoms with Crippen molar-refractivity contribution >= 4 is 23.4 Å². The van der Waals surface area contributed by atoms with E-state index in [1.807, 2.05) is 0 Å². The molecule has 2 aromatic carbocycles. The summed E-state index contributed by atoms with van der Waals surface area (Å²) in [6.45, 7) is 0.960. The van der Waals surface area contributed by atoms with Crippen LogP contribution < -0.4 is 15.4 Å². The summed E-state index contributed by atoms with van der Waals surface area (Å²) in [7, 11) is 1.16. The maximum Gasteiger partial charge on any atom is 0.432 e. The summed E-state index contributed by atoms with van der Waals surface area (Å²) >= 11 is 0. The highest BCUT2D eigenvalue weighted by Gasteiger charge is 2.62. The molecule has 0 radical (unpaired) electrons. The number of alkyl halides is 3. The third-order valence-corrected chi connectivity index (χ3v) is 3.88. The van der Waals surface area contributed by atoms with Gasteiger partial charge in [-0.1, -0.05) is 24.3 Å². The van der Waals surface area contributed by atoms with Gasteiger partial charge in [-0.3, -0.25) is 0 Å². The molecule has 0 aliphatic heterocycles. The number of carbonyl (C=O) groups is 2. The highest BCUT2D eigenvalue weighted by molar-refractivity contribution is 6.00. The Bertz CT molecular complexity index is 874. The van der Waals surface area contributed by atoms with Gasteiger partial charge in [-0.05, 0) is 31.2 Å². The molecule has 0 saturated heterocycles. The molecule has 0 saturated carbocycles. The number of rotatable bonds is 6. The van der Waals surface area contributed by atoms with Crippen molar-refractivity contribution in [3.8, 4) is 5.75 Å². The zero-order valence-electron chi connectivity index (χ0n) is 15.5. The number of methoxy groups -OCH3 is 1. The van der Waals surface area contributed by atoms with E-state index >= 15 is 0 Å². The number of hydrogen-bond acceptors (Lipinski definition) is 5. The van der Waals surface area contributed by atoms with E-state index in [2.05, 4.69) is 15.4 Å². The van der Waals surface area contributed by atoms with Crippen LogP contribution in [0, 0.1) is 0 Å². The molecule has 156 valence electrons. The Balaban J connectivity index is 2.33. The normalized spacial score (nSPS) is 13.2. The SMILES string of the molecule is CCOC(=O)[C@@](O)(c1ccc(NC(=O)Nc2ccccc2)c(OC)c1)C(F)(F)F. The highest BCUT2D eigenvalue weighted by atomic mass is 19.4.